The van der Waals surface area contributed by atoms with Crippen molar-refractivity contribution in [1.29, 1.82) is 0 Å². The van der Waals surface area contributed by atoms with E-state index in [-0.39, 0.29) is 5.91 Å². The molecule has 0 radical (unpaired) electrons. The van der Waals surface area contributed by atoms with Gasteiger partial charge in [0.15, 0.2) is 0 Å². The first-order valence-electron chi connectivity index (χ1n) is 7.13. The predicted molar refractivity (Wildman–Crippen MR) is 95.9 cm³/mol. The zero-order valence-electron chi connectivity index (χ0n) is 13.0. The summed E-state index contributed by atoms with van der Waals surface area (Å²) in [5.74, 6) is 0.444. The van der Waals surface area contributed by atoms with E-state index in [1.807, 2.05) is 25.1 Å². The Bertz CT molecular complexity index is 705. The van der Waals surface area contributed by atoms with Gasteiger partial charge in [-0.05, 0) is 42.8 Å². The highest BCUT2D eigenvalue weighted by molar-refractivity contribution is 6.31. The third-order valence-electron chi connectivity index (χ3n) is 3.30. The smallest absolute Gasteiger partial charge is 0.226 e. The highest BCUT2D eigenvalue weighted by atomic mass is 35.5. The highest BCUT2D eigenvalue weighted by Gasteiger charge is 2.08. The highest BCUT2D eigenvalue weighted by Crippen LogP contribution is 2.27. The van der Waals surface area contributed by atoms with Crippen LogP contribution in [0.15, 0.2) is 36.4 Å². The Morgan fingerprint density at radius 1 is 1.09 bits per heavy atom. The minimum absolute atomic E-state index is 0.127. The Morgan fingerprint density at radius 2 is 1.74 bits per heavy atom. The normalized spacial score (nSPS) is 10.3. The van der Waals surface area contributed by atoms with E-state index >= 15 is 0 Å². The van der Waals surface area contributed by atoms with Crippen molar-refractivity contribution in [3.8, 4) is 5.75 Å². The fraction of sp³-hybridized carbons (Fsp3) is 0.235. The van der Waals surface area contributed by atoms with Gasteiger partial charge in [-0.3, -0.25) is 4.79 Å². The number of ether oxygens (including phenoxy) is 1. The molecule has 0 atom stereocenters. The molecule has 0 aliphatic rings. The quantitative estimate of drug-likeness (QED) is 0.788. The third kappa shape index (κ3) is 5.05. The van der Waals surface area contributed by atoms with Gasteiger partial charge in [0, 0.05) is 28.7 Å². The number of amides is 1. The van der Waals surface area contributed by atoms with Gasteiger partial charge >= 0.3 is 0 Å². The van der Waals surface area contributed by atoms with E-state index in [9.17, 15) is 4.79 Å². The number of anilines is 2. The topological polar surface area (TPSA) is 50.4 Å². The molecule has 0 aliphatic carbocycles. The molecule has 0 saturated carbocycles. The van der Waals surface area contributed by atoms with Crippen LogP contribution in [-0.2, 0) is 4.79 Å². The van der Waals surface area contributed by atoms with E-state index in [0.29, 0.717) is 34.4 Å². The van der Waals surface area contributed by atoms with E-state index in [1.165, 1.54) is 0 Å². The van der Waals surface area contributed by atoms with Crippen LogP contribution >= 0.6 is 23.2 Å². The first-order valence-corrected chi connectivity index (χ1v) is 7.88. The van der Waals surface area contributed by atoms with E-state index < -0.39 is 0 Å². The van der Waals surface area contributed by atoms with Gasteiger partial charge in [-0.2, -0.15) is 0 Å². The van der Waals surface area contributed by atoms with E-state index in [2.05, 4.69) is 10.6 Å². The van der Waals surface area contributed by atoms with Crippen LogP contribution < -0.4 is 15.4 Å². The Balaban J connectivity index is 1.91. The van der Waals surface area contributed by atoms with Crippen LogP contribution in [0.1, 0.15) is 12.0 Å². The number of carbonyl (C=O) groups is 1. The molecule has 2 N–H and O–H groups in total. The number of hydrogen-bond acceptors (Lipinski definition) is 3. The first-order chi connectivity index (χ1) is 11.0. The Hall–Kier alpha value is -1.91. The maximum absolute atomic E-state index is 12.1. The van der Waals surface area contributed by atoms with Crippen molar-refractivity contribution in [2.45, 2.75) is 13.3 Å². The van der Waals surface area contributed by atoms with Crippen molar-refractivity contribution in [1.82, 2.24) is 0 Å². The third-order valence-corrected chi connectivity index (χ3v) is 3.77. The van der Waals surface area contributed by atoms with Gasteiger partial charge in [0.2, 0.25) is 5.91 Å². The van der Waals surface area contributed by atoms with Crippen LogP contribution in [0.3, 0.4) is 0 Å². The molecule has 0 fully saturated rings. The zero-order valence-corrected chi connectivity index (χ0v) is 14.5. The Morgan fingerprint density at radius 3 is 2.43 bits per heavy atom. The molecule has 0 unspecified atom stereocenters. The van der Waals surface area contributed by atoms with Crippen molar-refractivity contribution in [3.05, 3.63) is 52.0 Å². The minimum atomic E-state index is -0.127. The lowest BCUT2D eigenvalue weighted by atomic mass is 10.2. The molecule has 2 rings (SSSR count). The molecule has 0 bridgehead atoms. The number of aryl methyl sites for hydroxylation is 1. The number of methoxy groups -OCH3 is 1. The number of rotatable bonds is 6. The van der Waals surface area contributed by atoms with Crippen molar-refractivity contribution < 1.29 is 9.53 Å². The molecule has 6 heteroatoms. The molecule has 0 aromatic heterocycles. The summed E-state index contributed by atoms with van der Waals surface area (Å²) in [5.41, 5.74) is 2.56. The summed E-state index contributed by atoms with van der Waals surface area (Å²) in [6.07, 6.45) is 0.307. The molecular formula is C17H18Cl2N2O2. The van der Waals surface area contributed by atoms with Crippen LogP contribution in [0.5, 0.6) is 5.75 Å². The monoisotopic (exact) mass is 352 g/mol. The molecular weight excluding hydrogens is 335 g/mol. The maximum atomic E-state index is 12.1. The summed E-state index contributed by atoms with van der Waals surface area (Å²) in [4.78, 5) is 12.1. The van der Waals surface area contributed by atoms with E-state index in [1.54, 1.807) is 25.3 Å². The number of carbonyl (C=O) groups excluding carboxylic acids is 1. The first kappa shape index (κ1) is 17.4. The van der Waals surface area contributed by atoms with Gasteiger partial charge in [0.05, 0.1) is 12.8 Å². The molecule has 2 aromatic carbocycles. The van der Waals surface area contributed by atoms with Crippen LogP contribution in [-0.4, -0.2) is 19.6 Å². The molecule has 2 aromatic rings. The molecule has 0 spiro atoms. The average Bonchev–Trinajstić information content (AvgIpc) is 2.51. The second-order valence-corrected chi connectivity index (χ2v) is 5.90. The summed E-state index contributed by atoms with van der Waals surface area (Å²) >= 11 is 11.9. The molecule has 122 valence electrons. The second-order valence-electron chi connectivity index (χ2n) is 5.03. The molecule has 1 amide bonds. The maximum Gasteiger partial charge on any atom is 0.226 e. The van der Waals surface area contributed by atoms with Crippen molar-refractivity contribution in [2.24, 2.45) is 0 Å². The Labute approximate surface area is 145 Å². The van der Waals surface area contributed by atoms with Crippen LogP contribution in [0.25, 0.3) is 0 Å². The van der Waals surface area contributed by atoms with Crippen molar-refractivity contribution in [3.63, 3.8) is 0 Å². The van der Waals surface area contributed by atoms with Gasteiger partial charge in [-0.15, -0.1) is 0 Å². The fourth-order valence-electron chi connectivity index (χ4n) is 2.09. The number of benzene rings is 2. The van der Waals surface area contributed by atoms with Gasteiger partial charge in [0.25, 0.3) is 0 Å². The van der Waals surface area contributed by atoms with Gasteiger partial charge in [0.1, 0.15) is 5.75 Å². The predicted octanol–water partition coefficient (Wildman–Crippen LogP) is 4.75. The lowest BCUT2D eigenvalue weighted by Gasteiger charge is -2.12. The van der Waals surface area contributed by atoms with Gasteiger partial charge in [-0.25, -0.2) is 0 Å². The molecule has 0 saturated heterocycles. The lowest BCUT2D eigenvalue weighted by Crippen LogP contribution is -2.17. The van der Waals surface area contributed by atoms with Crippen LogP contribution in [0, 0.1) is 6.92 Å². The summed E-state index contributed by atoms with van der Waals surface area (Å²) in [7, 11) is 1.54. The number of halogens is 2. The molecule has 0 aliphatic heterocycles. The SMILES string of the molecule is COc1ccc(Cl)cc1NC(=O)CCNc1cc(Cl)ccc1C. The van der Waals surface area contributed by atoms with Crippen molar-refractivity contribution >= 4 is 40.5 Å². The molecule has 23 heavy (non-hydrogen) atoms. The summed E-state index contributed by atoms with van der Waals surface area (Å²) in [5, 5.41) is 7.20. The zero-order chi connectivity index (χ0) is 16.8. The standard InChI is InChI=1S/C17H18Cl2N2O2/c1-11-3-4-12(18)9-14(11)20-8-7-17(22)21-15-10-13(19)5-6-16(15)23-2/h3-6,9-10,20H,7-8H2,1-2H3,(H,21,22). The van der Waals surface area contributed by atoms with Crippen LogP contribution in [0.2, 0.25) is 10.0 Å². The van der Waals surface area contributed by atoms with Crippen molar-refractivity contribution in [2.75, 3.05) is 24.3 Å². The average molecular weight is 353 g/mol. The number of hydrogen-bond donors (Lipinski definition) is 2. The van der Waals surface area contributed by atoms with Crippen LogP contribution in [0.4, 0.5) is 11.4 Å². The molecule has 0 heterocycles. The van der Waals surface area contributed by atoms with Gasteiger partial charge < -0.3 is 15.4 Å². The minimum Gasteiger partial charge on any atom is -0.495 e. The number of nitrogens with one attached hydrogen (secondary N) is 2. The second kappa shape index (κ2) is 8.09. The summed E-state index contributed by atoms with van der Waals surface area (Å²) in [6.45, 7) is 2.48. The lowest BCUT2D eigenvalue weighted by molar-refractivity contribution is -0.116. The summed E-state index contributed by atoms with van der Waals surface area (Å²) in [6, 6.07) is 10.7. The fourth-order valence-corrected chi connectivity index (χ4v) is 2.43. The Kier molecular flexibility index (Phi) is 6.13. The van der Waals surface area contributed by atoms with E-state index in [4.69, 9.17) is 27.9 Å². The van der Waals surface area contributed by atoms with Gasteiger partial charge in [-0.1, -0.05) is 29.3 Å². The summed E-state index contributed by atoms with van der Waals surface area (Å²) < 4.78 is 5.20. The largest absolute Gasteiger partial charge is 0.495 e. The molecule has 4 nitrogen and oxygen atoms in total. The van der Waals surface area contributed by atoms with E-state index in [0.717, 1.165) is 11.3 Å².